The molecule has 0 aliphatic heterocycles. The number of nitrogens with one attached hydrogen (secondary N) is 2. The fourth-order valence-electron chi connectivity index (χ4n) is 1.63. The number of benzene rings is 1. The Kier molecular flexibility index (Phi) is 3.39. The molecule has 0 saturated heterocycles. The highest BCUT2D eigenvalue weighted by Gasteiger charge is 2.33. The molecule has 0 aliphatic carbocycles. The minimum Gasteiger partial charge on any atom is -0.395 e. The van der Waals surface area contributed by atoms with Gasteiger partial charge in [0.2, 0.25) is 0 Å². The number of aryl methyl sites for hydroxylation is 1. The quantitative estimate of drug-likeness (QED) is 0.792. The number of H-pyrrole nitrogens is 1. The van der Waals surface area contributed by atoms with Crippen molar-refractivity contribution in [2.45, 2.75) is 13.1 Å². The molecule has 2 rings (SSSR count). The molecule has 4 N–H and O–H groups in total. The molecule has 5 nitrogen and oxygen atoms in total. The van der Waals surface area contributed by atoms with Gasteiger partial charge in [-0.3, -0.25) is 9.89 Å². The lowest BCUT2D eigenvalue weighted by molar-refractivity contribution is -0.136. The average Bonchev–Trinajstić information content (AvgIpc) is 2.69. The van der Waals surface area contributed by atoms with Crippen LogP contribution in [0.25, 0.3) is 0 Å². The number of nitrogens with zero attached hydrogens (tertiary/aromatic N) is 1. The van der Waals surface area contributed by atoms with Gasteiger partial charge in [0.15, 0.2) is 5.69 Å². The summed E-state index contributed by atoms with van der Waals surface area (Å²) in [5.74, 6) is -0.802. The first-order chi connectivity index (χ1) is 9.30. The van der Waals surface area contributed by atoms with E-state index in [1.807, 2.05) is 0 Å². The lowest BCUT2D eigenvalue weighted by Gasteiger charge is -2.12. The summed E-state index contributed by atoms with van der Waals surface area (Å²) in [6.45, 7) is 1.60. The lowest BCUT2D eigenvalue weighted by Crippen LogP contribution is -2.18. The summed E-state index contributed by atoms with van der Waals surface area (Å²) >= 11 is 0. The molecule has 0 atom stereocenters. The van der Waals surface area contributed by atoms with E-state index in [4.69, 9.17) is 5.73 Å². The number of alkyl halides is 3. The molecule has 2 aromatic rings. The van der Waals surface area contributed by atoms with Crippen molar-refractivity contribution in [3.63, 3.8) is 0 Å². The highest BCUT2D eigenvalue weighted by atomic mass is 19.4. The van der Waals surface area contributed by atoms with Crippen molar-refractivity contribution in [1.82, 2.24) is 10.2 Å². The number of carbonyl (C=O) groups excluding carboxylic acids is 1. The van der Waals surface area contributed by atoms with E-state index in [1.165, 1.54) is 12.1 Å². The summed E-state index contributed by atoms with van der Waals surface area (Å²) in [4.78, 5) is 11.9. The first kappa shape index (κ1) is 13.9. The molecule has 1 heterocycles. The van der Waals surface area contributed by atoms with E-state index in [2.05, 4.69) is 15.5 Å². The zero-order chi connectivity index (χ0) is 14.9. The van der Waals surface area contributed by atoms with Crippen LogP contribution in [0.5, 0.6) is 0 Å². The maximum atomic E-state index is 12.8. The van der Waals surface area contributed by atoms with Crippen LogP contribution in [0.1, 0.15) is 21.7 Å². The second kappa shape index (κ2) is 4.87. The van der Waals surface area contributed by atoms with Gasteiger partial charge in [-0.2, -0.15) is 18.3 Å². The number of hydrogen-bond acceptors (Lipinski definition) is 3. The Bertz CT molecular complexity index is 648. The van der Waals surface area contributed by atoms with Crippen molar-refractivity contribution in [1.29, 1.82) is 0 Å². The Balaban J connectivity index is 2.32. The summed E-state index contributed by atoms with van der Waals surface area (Å²) in [6, 6.07) is 4.68. The van der Waals surface area contributed by atoms with Gasteiger partial charge in [-0.1, -0.05) is 12.1 Å². The normalized spacial score (nSPS) is 11.4. The molecule has 106 valence electrons. The van der Waals surface area contributed by atoms with Gasteiger partial charge < -0.3 is 11.1 Å². The number of aromatic nitrogens is 2. The molecule has 0 unspecified atom stereocenters. The number of amides is 1. The van der Waals surface area contributed by atoms with Crippen molar-refractivity contribution < 1.29 is 18.0 Å². The molecule has 0 spiro atoms. The molecule has 0 radical (unpaired) electrons. The van der Waals surface area contributed by atoms with Crippen LogP contribution in [0.15, 0.2) is 24.3 Å². The van der Waals surface area contributed by atoms with Gasteiger partial charge in [-0.15, -0.1) is 0 Å². The minimum atomic E-state index is -4.56. The Labute approximate surface area is 112 Å². The first-order valence-electron chi connectivity index (χ1n) is 5.58. The van der Waals surface area contributed by atoms with Crippen molar-refractivity contribution in [3.05, 3.63) is 41.2 Å². The first-order valence-corrected chi connectivity index (χ1v) is 5.58. The Morgan fingerprint density at radius 2 is 2.00 bits per heavy atom. The topological polar surface area (TPSA) is 83.8 Å². The standard InChI is InChI=1S/C12H11F3N4O/c1-6-9(16)10(19-18-6)11(20)17-8-5-3-2-4-7(8)12(13,14)15/h2-5H,16H2,1H3,(H,17,20)(H,18,19). The molecule has 1 aromatic carbocycles. The van der Waals surface area contributed by atoms with E-state index in [9.17, 15) is 18.0 Å². The third-order valence-corrected chi connectivity index (χ3v) is 2.69. The van der Waals surface area contributed by atoms with E-state index < -0.39 is 17.6 Å². The van der Waals surface area contributed by atoms with E-state index in [0.29, 0.717) is 5.69 Å². The van der Waals surface area contributed by atoms with E-state index in [0.717, 1.165) is 12.1 Å². The highest BCUT2D eigenvalue weighted by Crippen LogP contribution is 2.34. The molecular formula is C12H11F3N4O. The van der Waals surface area contributed by atoms with E-state index in [-0.39, 0.29) is 17.1 Å². The maximum Gasteiger partial charge on any atom is 0.418 e. The predicted octanol–water partition coefficient (Wildman–Crippen LogP) is 2.57. The number of anilines is 2. The minimum absolute atomic E-state index is 0.104. The molecule has 0 fully saturated rings. The number of hydrogen-bond donors (Lipinski definition) is 3. The van der Waals surface area contributed by atoms with E-state index >= 15 is 0 Å². The Morgan fingerprint density at radius 3 is 2.55 bits per heavy atom. The van der Waals surface area contributed by atoms with Crippen LogP contribution in [-0.4, -0.2) is 16.1 Å². The molecule has 20 heavy (non-hydrogen) atoms. The van der Waals surface area contributed by atoms with Crippen molar-refractivity contribution >= 4 is 17.3 Å². The largest absolute Gasteiger partial charge is 0.418 e. The third kappa shape index (κ3) is 2.58. The molecule has 8 heteroatoms. The second-order valence-corrected chi connectivity index (χ2v) is 4.11. The van der Waals surface area contributed by atoms with Crippen LogP contribution in [0.2, 0.25) is 0 Å². The van der Waals surface area contributed by atoms with Crippen molar-refractivity contribution in [2.24, 2.45) is 0 Å². The second-order valence-electron chi connectivity index (χ2n) is 4.11. The van der Waals surface area contributed by atoms with Gasteiger partial charge in [-0.25, -0.2) is 0 Å². The third-order valence-electron chi connectivity index (χ3n) is 2.69. The van der Waals surface area contributed by atoms with Crippen LogP contribution in [0.3, 0.4) is 0 Å². The number of carbonyl (C=O) groups is 1. The number of para-hydroxylation sites is 1. The number of rotatable bonds is 2. The number of nitrogens with two attached hydrogens (primary N) is 1. The van der Waals surface area contributed by atoms with Gasteiger partial charge >= 0.3 is 6.18 Å². The fraction of sp³-hybridized carbons (Fsp3) is 0.167. The van der Waals surface area contributed by atoms with Crippen LogP contribution < -0.4 is 11.1 Å². The van der Waals surface area contributed by atoms with E-state index in [1.54, 1.807) is 6.92 Å². The predicted molar refractivity (Wildman–Crippen MR) is 67.1 cm³/mol. The maximum absolute atomic E-state index is 12.8. The summed E-state index contributed by atoms with van der Waals surface area (Å²) in [7, 11) is 0. The Morgan fingerprint density at radius 1 is 1.35 bits per heavy atom. The SMILES string of the molecule is Cc1[nH]nc(C(=O)Nc2ccccc2C(F)(F)F)c1N. The van der Waals surface area contributed by atoms with Gasteiger partial charge in [0.1, 0.15) is 0 Å². The van der Waals surface area contributed by atoms with Gasteiger partial charge in [-0.05, 0) is 19.1 Å². The smallest absolute Gasteiger partial charge is 0.395 e. The summed E-state index contributed by atoms with van der Waals surface area (Å²) < 4.78 is 38.4. The highest BCUT2D eigenvalue weighted by molar-refractivity contribution is 6.06. The number of halogens is 3. The lowest BCUT2D eigenvalue weighted by atomic mass is 10.1. The van der Waals surface area contributed by atoms with Gasteiger partial charge in [0.25, 0.3) is 5.91 Å². The van der Waals surface area contributed by atoms with Crippen molar-refractivity contribution in [2.75, 3.05) is 11.1 Å². The molecule has 1 aromatic heterocycles. The zero-order valence-corrected chi connectivity index (χ0v) is 10.4. The van der Waals surface area contributed by atoms with Crippen LogP contribution in [0, 0.1) is 6.92 Å². The van der Waals surface area contributed by atoms with Crippen LogP contribution in [-0.2, 0) is 6.18 Å². The Hall–Kier alpha value is -2.51. The summed E-state index contributed by atoms with van der Waals surface area (Å²) in [5, 5.41) is 8.32. The summed E-state index contributed by atoms with van der Waals surface area (Å²) in [6.07, 6.45) is -4.56. The molecule has 1 amide bonds. The zero-order valence-electron chi connectivity index (χ0n) is 10.4. The average molecular weight is 284 g/mol. The molecule has 0 aliphatic rings. The molecule has 0 saturated carbocycles. The van der Waals surface area contributed by atoms with Crippen molar-refractivity contribution in [3.8, 4) is 0 Å². The van der Waals surface area contributed by atoms with Gasteiger partial charge in [0.05, 0.1) is 22.6 Å². The fourth-order valence-corrected chi connectivity index (χ4v) is 1.63. The van der Waals surface area contributed by atoms with Gasteiger partial charge in [0, 0.05) is 0 Å². The monoisotopic (exact) mass is 284 g/mol. The summed E-state index contributed by atoms with van der Waals surface area (Å²) in [5.41, 5.74) is 4.77. The van der Waals surface area contributed by atoms with Crippen LogP contribution in [0.4, 0.5) is 24.5 Å². The molecular weight excluding hydrogens is 273 g/mol. The number of aromatic amines is 1. The van der Waals surface area contributed by atoms with Crippen LogP contribution >= 0.6 is 0 Å². The molecule has 0 bridgehead atoms. The number of nitrogen functional groups attached to an aromatic ring is 1.